The number of sulfone groups is 1. The highest BCUT2D eigenvalue weighted by Gasteiger charge is 2.22. The summed E-state index contributed by atoms with van der Waals surface area (Å²) in [5.74, 6) is 0.530. The standard InChI is InChI=1S/C21H24N6O4S/c22-19(29)18-20(23-13-14-1-7-17(28)8-2-14)25-26-21(18)24-15-3-5-16(6-4-15)27-9-11-32(30,31)12-10-27/h1-8,28H,9-13H2,(H2,22,29)(H3,23,24,25,26). The van der Waals surface area contributed by atoms with Gasteiger partial charge in [0, 0.05) is 31.0 Å². The molecule has 1 aromatic heterocycles. The molecule has 2 heterocycles. The maximum absolute atomic E-state index is 12.1. The van der Waals surface area contributed by atoms with Crippen molar-refractivity contribution in [2.75, 3.05) is 40.1 Å². The van der Waals surface area contributed by atoms with Gasteiger partial charge in [-0.15, -0.1) is 0 Å². The highest BCUT2D eigenvalue weighted by molar-refractivity contribution is 7.91. The molecular formula is C21H24N6O4S. The van der Waals surface area contributed by atoms with E-state index in [-0.39, 0.29) is 22.8 Å². The Kier molecular flexibility index (Phi) is 5.91. The van der Waals surface area contributed by atoms with Crippen LogP contribution in [0.2, 0.25) is 0 Å². The number of aromatic hydroxyl groups is 1. The molecule has 0 unspecified atom stereocenters. The molecule has 1 aliphatic rings. The second-order valence-corrected chi connectivity index (χ2v) is 9.82. The van der Waals surface area contributed by atoms with Gasteiger partial charge in [0.05, 0.1) is 11.5 Å². The van der Waals surface area contributed by atoms with Crippen LogP contribution >= 0.6 is 0 Å². The second-order valence-electron chi connectivity index (χ2n) is 7.52. The number of hydrogen-bond acceptors (Lipinski definition) is 8. The number of hydrogen-bond donors (Lipinski definition) is 5. The number of H-pyrrole nitrogens is 1. The third-order valence-corrected chi connectivity index (χ3v) is 6.87. The van der Waals surface area contributed by atoms with Gasteiger partial charge >= 0.3 is 0 Å². The van der Waals surface area contributed by atoms with Crippen molar-refractivity contribution in [3.63, 3.8) is 0 Å². The van der Waals surface area contributed by atoms with Gasteiger partial charge < -0.3 is 26.4 Å². The van der Waals surface area contributed by atoms with Crippen LogP contribution in [0.5, 0.6) is 5.75 Å². The van der Waals surface area contributed by atoms with Crippen molar-refractivity contribution < 1.29 is 18.3 Å². The number of benzene rings is 2. The number of nitrogens with one attached hydrogen (secondary N) is 3. The van der Waals surface area contributed by atoms with Crippen LogP contribution in [-0.2, 0) is 16.4 Å². The van der Waals surface area contributed by atoms with E-state index in [2.05, 4.69) is 20.8 Å². The van der Waals surface area contributed by atoms with E-state index in [1.54, 1.807) is 24.3 Å². The minimum atomic E-state index is -2.93. The summed E-state index contributed by atoms with van der Waals surface area (Å²) in [6, 6.07) is 14.1. The molecule has 0 atom stereocenters. The van der Waals surface area contributed by atoms with Crippen molar-refractivity contribution in [1.82, 2.24) is 10.2 Å². The van der Waals surface area contributed by atoms with E-state index in [1.807, 2.05) is 29.2 Å². The second kappa shape index (κ2) is 8.79. The van der Waals surface area contributed by atoms with Crippen LogP contribution in [0.1, 0.15) is 15.9 Å². The Labute approximate surface area is 185 Å². The first-order valence-corrected chi connectivity index (χ1v) is 11.9. The number of rotatable bonds is 7. The summed E-state index contributed by atoms with van der Waals surface area (Å²) in [6.45, 7) is 1.34. The summed E-state index contributed by atoms with van der Waals surface area (Å²) in [5.41, 5.74) is 8.32. The fraction of sp³-hybridized carbons (Fsp3) is 0.238. The molecule has 4 rings (SSSR count). The van der Waals surface area contributed by atoms with Crippen LogP contribution in [0.3, 0.4) is 0 Å². The van der Waals surface area contributed by atoms with Crippen molar-refractivity contribution in [2.24, 2.45) is 5.73 Å². The molecule has 10 nitrogen and oxygen atoms in total. The molecule has 32 heavy (non-hydrogen) atoms. The molecule has 0 aliphatic carbocycles. The summed E-state index contributed by atoms with van der Waals surface area (Å²) < 4.78 is 23.2. The lowest BCUT2D eigenvalue weighted by atomic mass is 10.2. The van der Waals surface area contributed by atoms with Crippen LogP contribution in [0.25, 0.3) is 0 Å². The zero-order valence-electron chi connectivity index (χ0n) is 17.2. The maximum atomic E-state index is 12.1. The average Bonchev–Trinajstić information content (AvgIpc) is 3.17. The molecule has 0 bridgehead atoms. The quantitative estimate of drug-likeness (QED) is 0.361. The van der Waals surface area contributed by atoms with Crippen LogP contribution in [0.4, 0.5) is 23.0 Å². The molecule has 2 aromatic carbocycles. The smallest absolute Gasteiger partial charge is 0.256 e. The molecule has 6 N–H and O–H groups in total. The predicted molar refractivity (Wildman–Crippen MR) is 123 cm³/mol. The largest absolute Gasteiger partial charge is 0.508 e. The van der Waals surface area contributed by atoms with Gasteiger partial charge in [0.15, 0.2) is 15.7 Å². The zero-order valence-corrected chi connectivity index (χ0v) is 18.0. The van der Waals surface area contributed by atoms with Gasteiger partial charge in [0.1, 0.15) is 17.1 Å². The normalized spacial score (nSPS) is 15.3. The Bertz CT molecular complexity index is 1190. The van der Waals surface area contributed by atoms with Gasteiger partial charge in [0.25, 0.3) is 5.91 Å². The Balaban J connectivity index is 1.44. The fourth-order valence-electron chi connectivity index (χ4n) is 3.47. The molecule has 0 radical (unpaired) electrons. The summed E-state index contributed by atoms with van der Waals surface area (Å²) in [6.07, 6.45) is 0. The summed E-state index contributed by atoms with van der Waals surface area (Å²) in [7, 11) is -2.93. The molecule has 1 aliphatic heterocycles. The third kappa shape index (κ3) is 4.94. The minimum Gasteiger partial charge on any atom is -0.508 e. The number of carbonyl (C=O) groups excluding carboxylic acids is 1. The van der Waals surface area contributed by atoms with Crippen LogP contribution in [0.15, 0.2) is 48.5 Å². The SMILES string of the molecule is NC(=O)c1c(Nc2ccc(N3CCS(=O)(=O)CC3)cc2)n[nH]c1NCc1ccc(O)cc1. The van der Waals surface area contributed by atoms with E-state index in [1.165, 1.54) is 0 Å². The molecule has 3 aromatic rings. The number of anilines is 4. The molecule has 1 amide bonds. The van der Waals surface area contributed by atoms with Crippen molar-refractivity contribution >= 4 is 38.8 Å². The molecular weight excluding hydrogens is 432 g/mol. The zero-order chi connectivity index (χ0) is 22.7. The predicted octanol–water partition coefficient (Wildman–Crippen LogP) is 1.80. The Morgan fingerprint density at radius 3 is 2.38 bits per heavy atom. The Morgan fingerprint density at radius 1 is 1.09 bits per heavy atom. The lowest BCUT2D eigenvalue weighted by Crippen LogP contribution is -2.40. The Hall–Kier alpha value is -3.73. The van der Waals surface area contributed by atoms with Crippen molar-refractivity contribution in [2.45, 2.75) is 6.54 Å². The number of nitrogens with two attached hydrogens (primary N) is 1. The number of phenols is 1. The third-order valence-electron chi connectivity index (χ3n) is 5.26. The van der Waals surface area contributed by atoms with E-state index in [9.17, 15) is 18.3 Å². The molecule has 168 valence electrons. The number of phenolic OH excluding ortho intramolecular Hbond substituents is 1. The van der Waals surface area contributed by atoms with E-state index in [0.29, 0.717) is 37.0 Å². The monoisotopic (exact) mass is 456 g/mol. The first-order valence-electron chi connectivity index (χ1n) is 10.0. The van der Waals surface area contributed by atoms with Crippen LogP contribution in [0, 0.1) is 0 Å². The van der Waals surface area contributed by atoms with Crippen LogP contribution < -0.4 is 21.3 Å². The van der Waals surface area contributed by atoms with E-state index in [4.69, 9.17) is 5.73 Å². The molecule has 1 fully saturated rings. The molecule has 0 saturated carbocycles. The molecule has 0 spiro atoms. The average molecular weight is 457 g/mol. The van der Waals surface area contributed by atoms with Gasteiger partial charge in [-0.05, 0) is 42.0 Å². The van der Waals surface area contributed by atoms with Crippen molar-refractivity contribution in [1.29, 1.82) is 0 Å². The van der Waals surface area contributed by atoms with Gasteiger partial charge in [-0.2, -0.15) is 5.10 Å². The highest BCUT2D eigenvalue weighted by atomic mass is 32.2. The number of nitrogens with zero attached hydrogens (tertiary/aromatic N) is 2. The summed E-state index contributed by atoms with van der Waals surface area (Å²) >= 11 is 0. The minimum absolute atomic E-state index is 0.155. The first-order chi connectivity index (χ1) is 15.3. The summed E-state index contributed by atoms with van der Waals surface area (Å²) in [4.78, 5) is 14.1. The summed E-state index contributed by atoms with van der Waals surface area (Å²) in [5, 5.41) is 22.5. The van der Waals surface area contributed by atoms with Gasteiger partial charge in [-0.3, -0.25) is 9.89 Å². The number of carbonyl (C=O) groups is 1. The lowest BCUT2D eigenvalue weighted by Gasteiger charge is -2.28. The van der Waals surface area contributed by atoms with Gasteiger partial charge in [-0.25, -0.2) is 8.42 Å². The fourth-order valence-corrected chi connectivity index (χ4v) is 4.67. The number of aromatic amines is 1. The highest BCUT2D eigenvalue weighted by Crippen LogP contribution is 2.27. The van der Waals surface area contributed by atoms with E-state index < -0.39 is 15.7 Å². The van der Waals surface area contributed by atoms with Crippen molar-refractivity contribution in [3.05, 3.63) is 59.7 Å². The number of amides is 1. The molecule has 11 heteroatoms. The van der Waals surface area contributed by atoms with Crippen LogP contribution in [-0.4, -0.2) is 54.2 Å². The first kappa shape index (κ1) is 21.5. The van der Waals surface area contributed by atoms with Gasteiger partial charge in [0.2, 0.25) is 0 Å². The van der Waals surface area contributed by atoms with E-state index in [0.717, 1.165) is 11.3 Å². The topological polar surface area (TPSA) is 153 Å². The number of aromatic nitrogens is 2. The van der Waals surface area contributed by atoms with E-state index >= 15 is 0 Å². The molecule has 1 saturated heterocycles. The lowest BCUT2D eigenvalue weighted by molar-refractivity contribution is 0.100. The Morgan fingerprint density at radius 2 is 1.75 bits per heavy atom. The van der Waals surface area contributed by atoms with Crippen molar-refractivity contribution in [3.8, 4) is 5.75 Å². The van der Waals surface area contributed by atoms with Gasteiger partial charge in [-0.1, -0.05) is 12.1 Å². The maximum Gasteiger partial charge on any atom is 0.256 e. The number of primary amides is 1.